The molecular formula is C24H29F3N2O3S. The Kier molecular flexibility index (Phi) is 7.41. The molecule has 3 rings (SSSR count). The minimum absolute atomic E-state index is 0.211. The molecule has 0 saturated heterocycles. The number of amides is 1. The molecule has 1 aliphatic rings. The molecule has 2 aromatic carbocycles. The van der Waals surface area contributed by atoms with Crippen molar-refractivity contribution >= 4 is 21.6 Å². The average molecular weight is 483 g/mol. The molecule has 0 spiro atoms. The van der Waals surface area contributed by atoms with Gasteiger partial charge in [0.05, 0.1) is 23.5 Å². The molecule has 0 saturated carbocycles. The second-order valence-electron chi connectivity index (χ2n) is 8.49. The fourth-order valence-corrected chi connectivity index (χ4v) is 5.48. The van der Waals surface area contributed by atoms with E-state index < -0.39 is 33.7 Å². The van der Waals surface area contributed by atoms with Crippen molar-refractivity contribution in [1.29, 1.82) is 0 Å². The molecule has 180 valence electrons. The molecule has 33 heavy (non-hydrogen) atoms. The Morgan fingerprint density at radius 2 is 1.76 bits per heavy atom. The van der Waals surface area contributed by atoms with E-state index in [1.165, 1.54) is 24.1 Å². The number of nitrogens with one attached hydrogen (secondary N) is 1. The minimum atomic E-state index is -4.63. The van der Waals surface area contributed by atoms with Gasteiger partial charge in [-0.3, -0.25) is 9.10 Å². The van der Waals surface area contributed by atoms with Crippen molar-refractivity contribution in [2.45, 2.75) is 64.2 Å². The molecule has 5 nitrogen and oxygen atoms in total. The number of halogens is 3. The predicted molar refractivity (Wildman–Crippen MR) is 122 cm³/mol. The van der Waals surface area contributed by atoms with Gasteiger partial charge in [0.25, 0.3) is 0 Å². The average Bonchev–Trinajstić information content (AvgIpc) is 2.75. The first-order chi connectivity index (χ1) is 15.4. The predicted octanol–water partition coefficient (Wildman–Crippen LogP) is 5.01. The maximum atomic E-state index is 13.2. The van der Waals surface area contributed by atoms with E-state index in [-0.39, 0.29) is 11.7 Å². The first-order valence-corrected chi connectivity index (χ1v) is 12.9. The van der Waals surface area contributed by atoms with E-state index in [9.17, 15) is 26.4 Å². The molecule has 2 atom stereocenters. The van der Waals surface area contributed by atoms with Gasteiger partial charge in [0.2, 0.25) is 15.9 Å². The summed E-state index contributed by atoms with van der Waals surface area (Å²) in [6, 6.07) is 8.55. The second-order valence-corrected chi connectivity index (χ2v) is 10.3. The highest BCUT2D eigenvalue weighted by atomic mass is 32.2. The van der Waals surface area contributed by atoms with Crippen molar-refractivity contribution in [1.82, 2.24) is 5.32 Å². The first kappa shape index (κ1) is 25.1. The number of sulfonamides is 1. The quantitative estimate of drug-likeness (QED) is 0.604. The maximum absolute atomic E-state index is 13.2. The van der Waals surface area contributed by atoms with Gasteiger partial charge in [-0.05, 0) is 73.9 Å². The third kappa shape index (κ3) is 5.88. The summed E-state index contributed by atoms with van der Waals surface area (Å²) < 4.78 is 65.2. The molecule has 1 aliphatic carbocycles. The van der Waals surface area contributed by atoms with Crippen molar-refractivity contribution in [3.05, 3.63) is 64.7 Å². The Morgan fingerprint density at radius 1 is 1.09 bits per heavy atom. The standard InChI is InChI=1S/C24H29F3N2O3S/c1-4-22(19-13-12-17-8-5-6-9-18(17)14-19)28-23(30)16(2)29(33(3,31)32)21-11-7-10-20(15-21)24(25,26)27/h7,10-16,22H,4-6,8-9H2,1-3H3,(H,28,30)/t16-,22+/m1/s1. The van der Waals surface area contributed by atoms with E-state index in [4.69, 9.17) is 0 Å². The van der Waals surface area contributed by atoms with Crippen LogP contribution in [0.2, 0.25) is 0 Å². The van der Waals surface area contributed by atoms with Crippen LogP contribution in [-0.2, 0) is 33.8 Å². The largest absolute Gasteiger partial charge is 0.416 e. The van der Waals surface area contributed by atoms with Crippen LogP contribution in [0.5, 0.6) is 0 Å². The van der Waals surface area contributed by atoms with Gasteiger partial charge in [-0.2, -0.15) is 13.2 Å². The van der Waals surface area contributed by atoms with Crippen LogP contribution in [0, 0.1) is 0 Å². The normalized spacial score (nSPS) is 15.9. The summed E-state index contributed by atoms with van der Waals surface area (Å²) in [7, 11) is -4.04. The lowest BCUT2D eigenvalue weighted by atomic mass is 9.88. The molecule has 0 radical (unpaired) electrons. The molecule has 0 fully saturated rings. The minimum Gasteiger partial charge on any atom is -0.347 e. The fourth-order valence-electron chi connectivity index (χ4n) is 4.31. The van der Waals surface area contributed by atoms with E-state index in [1.54, 1.807) is 0 Å². The van der Waals surface area contributed by atoms with Crippen LogP contribution in [-0.4, -0.2) is 26.6 Å². The third-order valence-electron chi connectivity index (χ3n) is 6.02. The van der Waals surface area contributed by atoms with Gasteiger partial charge in [-0.25, -0.2) is 8.42 Å². The van der Waals surface area contributed by atoms with Gasteiger partial charge in [0.1, 0.15) is 6.04 Å². The van der Waals surface area contributed by atoms with Crippen LogP contribution in [0.1, 0.15) is 61.4 Å². The first-order valence-electron chi connectivity index (χ1n) is 11.0. The number of hydrogen-bond acceptors (Lipinski definition) is 3. The number of rotatable bonds is 7. The molecule has 1 amide bonds. The SMILES string of the molecule is CC[C@H](NC(=O)[C@@H](C)N(c1cccc(C(F)(F)F)c1)S(C)(=O)=O)c1ccc2c(c1)CCCC2. The van der Waals surface area contributed by atoms with Crippen molar-refractivity contribution in [2.75, 3.05) is 10.6 Å². The number of benzene rings is 2. The molecule has 2 aromatic rings. The number of carbonyl (C=O) groups excluding carboxylic acids is 1. The molecule has 9 heteroatoms. The van der Waals surface area contributed by atoms with Gasteiger partial charge in [0, 0.05) is 0 Å². The van der Waals surface area contributed by atoms with Crippen LogP contribution in [0.4, 0.5) is 18.9 Å². The number of carbonyl (C=O) groups is 1. The Bertz CT molecular complexity index is 1120. The molecule has 0 aromatic heterocycles. The Labute approximate surface area is 193 Å². The van der Waals surface area contributed by atoms with Crippen LogP contribution in [0.3, 0.4) is 0 Å². The zero-order valence-corrected chi connectivity index (χ0v) is 19.8. The zero-order chi connectivity index (χ0) is 24.4. The summed E-state index contributed by atoms with van der Waals surface area (Å²) in [6.07, 6.45) is 1.13. The number of anilines is 1. The summed E-state index contributed by atoms with van der Waals surface area (Å²) in [6.45, 7) is 3.28. The van der Waals surface area contributed by atoms with Gasteiger partial charge in [0.15, 0.2) is 0 Å². The zero-order valence-electron chi connectivity index (χ0n) is 18.9. The number of alkyl halides is 3. The Hall–Kier alpha value is -2.55. The lowest BCUT2D eigenvalue weighted by Gasteiger charge is -2.30. The van der Waals surface area contributed by atoms with Gasteiger partial charge in [-0.15, -0.1) is 0 Å². The summed E-state index contributed by atoms with van der Waals surface area (Å²) in [4.78, 5) is 13.1. The highest BCUT2D eigenvalue weighted by Crippen LogP contribution is 2.33. The Morgan fingerprint density at radius 3 is 2.36 bits per heavy atom. The topological polar surface area (TPSA) is 66.5 Å². The van der Waals surface area contributed by atoms with Gasteiger partial charge < -0.3 is 5.32 Å². The van der Waals surface area contributed by atoms with Gasteiger partial charge >= 0.3 is 6.18 Å². The maximum Gasteiger partial charge on any atom is 0.416 e. The lowest BCUT2D eigenvalue weighted by Crippen LogP contribution is -2.48. The van der Waals surface area contributed by atoms with Crippen LogP contribution in [0.15, 0.2) is 42.5 Å². The monoisotopic (exact) mass is 482 g/mol. The van der Waals surface area contributed by atoms with E-state index in [1.807, 2.05) is 13.0 Å². The smallest absolute Gasteiger partial charge is 0.347 e. The van der Waals surface area contributed by atoms with Gasteiger partial charge in [-0.1, -0.05) is 31.2 Å². The highest BCUT2D eigenvalue weighted by Gasteiger charge is 2.34. The summed E-state index contributed by atoms with van der Waals surface area (Å²) in [5.74, 6) is -0.581. The molecule has 0 heterocycles. The third-order valence-corrected chi connectivity index (χ3v) is 7.26. The molecule has 0 aliphatic heterocycles. The number of fused-ring (bicyclic) bond motifs is 1. The molecule has 0 bridgehead atoms. The molecular weight excluding hydrogens is 453 g/mol. The number of aryl methyl sites for hydroxylation is 2. The summed E-state index contributed by atoms with van der Waals surface area (Å²) in [5, 5.41) is 2.89. The number of hydrogen-bond donors (Lipinski definition) is 1. The Balaban J connectivity index is 1.86. The van der Waals surface area contributed by atoms with Crippen molar-refractivity contribution in [2.24, 2.45) is 0 Å². The molecule has 1 N–H and O–H groups in total. The highest BCUT2D eigenvalue weighted by molar-refractivity contribution is 7.92. The van der Waals surface area contributed by atoms with E-state index in [0.29, 0.717) is 6.42 Å². The summed E-state index contributed by atoms with van der Waals surface area (Å²) >= 11 is 0. The van der Waals surface area contributed by atoms with Crippen molar-refractivity contribution in [3.8, 4) is 0 Å². The summed E-state index contributed by atoms with van der Waals surface area (Å²) in [5.41, 5.74) is 2.32. The van der Waals surface area contributed by atoms with Crippen molar-refractivity contribution in [3.63, 3.8) is 0 Å². The van der Waals surface area contributed by atoms with Crippen LogP contribution >= 0.6 is 0 Å². The van der Waals surface area contributed by atoms with E-state index in [0.717, 1.165) is 60.0 Å². The second kappa shape index (κ2) is 9.75. The number of nitrogens with zero attached hydrogens (tertiary/aromatic N) is 1. The molecule has 0 unspecified atom stereocenters. The fraction of sp³-hybridized carbons (Fsp3) is 0.458. The lowest BCUT2D eigenvalue weighted by molar-refractivity contribution is -0.137. The van der Waals surface area contributed by atoms with Crippen LogP contribution < -0.4 is 9.62 Å². The van der Waals surface area contributed by atoms with E-state index in [2.05, 4.69) is 17.4 Å². The van der Waals surface area contributed by atoms with Crippen LogP contribution in [0.25, 0.3) is 0 Å². The van der Waals surface area contributed by atoms with Crippen molar-refractivity contribution < 1.29 is 26.4 Å². The van der Waals surface area contributed by atoms with E-state index >= 15 is 0 Å².